The number of benzene rings is 2. The molecule has 10 heteroatoms. The van der Waals surface area contributed by atoms with Gasteiger partial charge in [-0.15, -0.1) is 0 Å². The molecular formula is C30H33BrFN3O5. The number of aromatic nitrogens is 2. The van der Waals surface area contributed by atoms with Crippen molar-refractivity contribution in [1.29, 1.82) is 0 Å². The molecule has 1 N–H and O–H groups in total. The summed E-state index contributed by atoms with van der Waals surface area (Å²) in [5.74, 6) is -0.783. The van der Waals surface area contributed by atoms with E-state index < -0.39 is 17.3 Å². The quantitative estimate of drug-likeness (QED) is 0.236. The Morgan fingerprint density at radius 3 is 2.20 bits per heavy atom. The second-order valence-corrected chi connectivity index (χ2v) is 10.6. The molecule has 4 aromatic rings. The van der Waals surface area contributed by atoms with Gasteiger partial charge in [-0.3, -0.25) is 0 Å². The molecule has 0 aliphatic carbocycles. The lowest BCUT2D eigenvalue weighted by Crippen LogP contribution is -2.38. The van der Waals surface area contributed by atoms with Gasteiger partial charge in [0.1, 0.15) is 5.60 Å². The first-order chi connectivity index (χ1) is 19.1. The summed E-state index contributed by atoms with van der Waals surface area (Å²) < 4.78 is 39.0. The van der Waals surface area contributed by atoms with E-state index in [0.717, 1.165) is 9.86 Å². The molecule has 8 nitrogen and oxygen atoms in total. The minimum absolute atomic E-state index is 0.0535. The Morgan fingerprint density at radius 2 is 1.60 bits per heavy atom. The first-order valence-electron chi connectivity index (χ1n) is 12.6. The van der Waals surface area contributed by atoms with Gasteiger partial charge in [-0.1, -0.05) is 28.1 Å². The highest BCUT2D eigenvalue weighted by Gasteiger charge is 2.44. The highest BCUT2D eigenvalue weighted by Crippen LogP contribution is 2.49. The standard InChI is InChI=1S/C30H33BrFN3O5/c1-35(2)13-12-30(36,19-16-25(38-4)34-26(17-19)39-5)27(21-8-7-9-24(37-3)28(21)32)22-15-18-14-20(31)10-11-23(18)33-29(22)40-6/h7-11,14-17,27,36H,12-13H2,1-6H3/t27-,30+/m0/s1. The summed E-state index contributed by atoms with van der Waals surface area (Å²) in [7, 11) is 9.70. The molecule has 2 atom stereocenters. The largest absolute Gasteiger partial charge is 0.494 e. The van der Waals surface area contributed by atoms with E-state index in [9.17, 15) is 5.11 Å². The number of pyridine rings is 2. The third-order valence-corrected chi connectivity index (χ3v) is 7.41. The Balaban J connectivity index is 2.12. The topological polar surface area (TPSA) is 86.2 Å². The van der Waals surface area contributed by atoms with Gasteiger partial charge in [-0.05, 0) is 56.4 Å². The minimum atomic E-state index is -1.71. The van der Waals surface area contributed by atoms with E-state index in [1.54, 1.807) is 30.3 Å². The molecule has 0 aliphatic heterocycles. The van der Waals surface area contributed by atoms with Gasteiger partial charge in [0.05, 0.1) is 39.9 Å². The van der Waals surface area contributed by atoms with Crippen LogP contribution in [0.4, 0.5) is 4.39 Å². The van der Waals surface area contributed by atoms with E-state index >= 15 is 4.39 Å². The molecule has 212 valence electrons. The number of rotatable bonds is 11. The smallest absolute Gasteiger partial charge is 0.217 e. The molecule has 0 saturated carbocycles. The molecule has 0 unspecified atom stereocenters. The Kier molecular flexibility index (Phi) is 9.12. The molecule has 0 amide bonds. The van der Waals surface area contributed by atoms with Crippen molar-refractivity contribution in [2.75, 3.05) is 49.1 Å². The van der Waals surface area contributed by atoms with Crippen molar-refractivity contribution in [3.63, 3.8) is 0 Å². The molecule has 2 aromatic carbocycles. The van der Waals surface area contributed by atoms with Crippen molar-refractivity contribution < 1.29 is 28.4 Å². The maximum atomic E-state index is 16.2. The number of methoxy groups -OCH3 is 4. The van der Waals surface area contributed by atoms with Crippen LogP contribution >= 0.6 is 15.9 Å². The van der Waals surface area contributed by atoms with Crippen molar-refractivity contribution in [3.05, 3.63) is 81.6 Å². The molecular weight excluding hydrogens is 581 g/mol. The third-order valence-electron chi connectivity index (χ3n) is 6.91. The van der Waals surface area contributed by atoms with Gasteiger partial charge in [-0.25, -0.2) is 9.37 Å². The number of nitrogens with zero attached hydrogens (tertiary/aromatic N) is 3. The lowest BCUT2D eigenvalue weighted by molar-refractivity contribution is 0.00233. The summed E-state index contributed by atoms with van der Waals surface area (Å²) in [6.45, 7) is 0.473. The van der Waals surface area contributed by atoms with Gasteiger partial charge >= 0.3 is 0 Å². The zero-order chi connectivity index (χ0) is 29.0. The summed E-state index contributed by atoms with van der Waals surface area (Å²) in [6.07, 6.45) is 0.206. The van der Waals surface area contributed by atoms with Gasteiger partial charge in [0, 0.05) is 39.7 Å². The van der Waals surface area contributed by atoms with Crippen LogP contribution in [0.1, 0.15) is 29.0 Å². The molecule has 40 heavy (non-hydrogen) atoms. The Hall–Kier alpha value is -3.47. The number of hydrogen-bond acceptors (Lipinski definition) is 8. The number of ether oxygens (including phenoxy) is 4. The maximum Gasteiger partial charge on any atom is 0.217 e. The fraction of sp³-hybridized carbons (Fsp3) is 0.333. The number of aliphatic hydroxyl groups is 1. The molecule has 0 aliphatic rings. The fourth-order valence-corrected chi connectivity index (χ4v) is 5.27. The monoisotopic (exact) mass is 613 g/mol. The average molecular weight is 615 g/mol. The van der Waals surface area contributed by atoms with E-state index in [4.69, 9.17) is 23.9 Å². The average Bonchev–Trinajstić information content (AvgIpc) is 2.96. The van der Waals surface area contributed by atoms with Crippen LogP contribution in [0.2, 0.25) is 0 Å². The zero-order valence-electron chi connectivity index (χ0n) is 23.4. The van der Waals surface area contributed by atoms with E-state index in [1.165, 1.54) is 28.4 Å². The Morgan fingerprint density at radius 1 is 0.900 bits per heavy atom. The second-order valence-electron chi connectivity index (χ2n) is 9.64. The van der Waals surface area contributed by atoms with Crippen LogP contribution in [-0.2, 0) is 5.60 Å². The van der Waals surface area contributed by atoms with Gasteiger partial charge in [-0.2, -0.15) is 4.98 Å². The van der Waals surface area contributed by atoms with E-state index in [2.05, 4.69) is 20.9 Å². The van der Waals surface area contributed by atoms with E-state index in [0.29, 0.717) is 23.2 Å². The van der Waals surface area contributed by atoms with Gasteiger partial charge in [0.25, 0.3) is 0 Å². The summed E-state index contributed by atoms with van der Waals surface area (Å²) >= 11 is 3.53. The van der Waals surface area contributed by atoms with Gasteiger partial charge in [0.15, 0.2) is 11.6 Å². The molecule has 0 bridgehead atoms. The lowest BCUT2D eigenvalue weighted by atomic mass is 9.71. The molecule has 4 rings (SSSR count). The Labute approximate surface area is 241 Å². The van der Waals surface area contributed by atoms with Crippen molar-refractivity contribution in [3.8, 4) is 23.4 Å². The normalized spacial score (nSPS) is 13.7. The molecule has 0 saturated heterocycles. The van der Waals surface area contributed by atoms with Crippen molar-refractivity contribution in [1.82, 2.24) is 14.9 Å². The van der Waals surface area contributed by atoms with Crippen molar-refractivity contribution in [2.24, 2.45) is 0 Å². The van der Waals surface area contributed by atoms with Crippen LogP contribution in [0.25, 0.3) is 10.9 Å². The summed E-state index contributed by atoms with van der Waals surface area (Å²) in [5.41, 5.74) is 0.121. The summed E-state index contributed by atoms with van der Waals surface area (Å²) in [6, 6.07) is 15.7. The number of hydrogen-bond donors (Lipinski definition) is 1. The predicted octanol–water partition coefficient (Wildman–Crippen LogP) is 5.54. The predicted molar refractivity (Wildman–Crippen MR) is 155 cm³/mol. The van der Waals surface area contributed by atoms with E-state index in [1.807, 2.05) is 43.3 Å². The summed E-state index contributed by atoms with van der Waals surface area (Å²) in [5, 5.41) is 13.7. The third kappa shape index (κ3) is 5.84. The molecule has 0 radical (unpaired) electrons. The highest BCUT2D eigenvalue weighted by atomic mass is 79.9. The maximum absolute atomic E-state index is 16.2. The van der Waals surface area contributed by atoms with E-state index in [-0.39, 0.29) is 35.4 Å². The Bertz CT molecular complexity index is 1480. The number of halogens is 2. The first-order valence-corrected chi connectivity index (χ1v) is 13.4. The van der Waals surface area contributed by atoms with Crippen LogP contribution in [-0.4, -0.2) is 69.1 Å². The molecule has 2 aromatic heterocycles. The second kappa shape index (κ2) is 12.4. The lowest BCUT2D eigenvalue weighted by Gasteiger charge is -2.39. The SMILES string of the molecule is COc1cc([C@](O)(CCN(C)C)[C@H](c2cc3cc(Br)ccc3nc2OC)c2cccc(OC)c2F)cc(OC)n1. The zero-order valence-corrected chi connectivity index (χ0v) is 25.0. The van der Waals surface area contributed by atoms with Gasteiger partial charge in [0.2, 0.25) is 17.6 Å². The fourth-order valence-electron chi connectivity index (χ4n) is 4.90. The highest BCUT2D eigenvalue weighted by molar-refractivity contribution is 9.10. The molecule has 0 fully saturated rings. The van der Waals surface area contributed by atoms with Crippen LogP contribution in [0.3, 0.4) is 0 Å². The molecule has 2 heterocycles. The molecule has 0 spiro atoms. The van der Waals surface area contributed by atoms with Crippen LogP contribution < -0.4 is 18.9 Å². The first kappa shape index (κ1) is 29.5. The van der Waals surface area contributed by atoms with Crippen LogP contribution in [0, 0.1) is 5.82 Å². The number of fused-ring (bicyclic) bond motifs is 1. The van der Waals surface area contributed by atoms with Crippen molar-refractivity contribution >= 4 is 26.8 Å². The van der Waals surface area contributed by atoms with Crippen molar-refractivity contribution in [2.45, 2.75) is 17.9 Å². The van der Waals surface area contributed by atoms with Crippen LogP contribution in [0.15, 0.2) is 59.1 Å². The minimum Gasteiger partial charge on any atom is -0.494 e. The summed E-state index contributed by atoms with van der Waals surface area (Å²) in [4.78, 5) is 11.0. The van der Waals surface area contributed by atoms with Gasteiger partial charge < -0.3 is 29.0 Å². The van der Waals surface area contributed by atoms with Crippen LogP contribution in [0.5, 0.6) is 23.4 Å².